The SMILES string of the molecule is CCSC1=NC2C(C(=O)NC(=O)N2C)N1CCc1ccccc1. The van der Waals surface area contributed by atoms with Crippen molar-refractivity contribution in [3.8, 4) is 0 Å². The Morgan fingerprint density at radius 2 is 2.00 bits per heavy atom. The minimum absolute atomic E-state index is 0.262. The zero-order chi connectivity index (χ0) is 16.4. The number of nitrogens with zero attached hydrogens (tertiary/aromatic N) is 3. The largest absolute Gasteiger partial charge is 0.335 e. The van der Waals surface area contributed by atoms with E-state index in [1.165, 1.54) is 10.5 Å². The van der Waals surface area contributed by atoms with E-state index in [0.29, 0.717) is 6.54 Å². The van der Waals surface area contributed by atoms with Crippen LogP contribution in [0.15, 0.2) is 35.3 Å². The summed E-state index contributed by atoms with van der Waals surface area (Å²) in [6.45, 7) is 2.76. The van der Waals surface area contributed by atoms with Gasteiger partial charge in [-0.15, -0.1) is 0 Å². The molecule has 0 aliphatic carbocycles. The molecule has 7 heteroatoms. The van der Waals surface area contributed by atoms with Crippen LogP contribution in [0.1, 0.15) is 12.5 Å². The highest BCUT2D eigenvalue weighted by Gasteiger charge is 2.48. The van der Waals surface area contributed by atoms with Crippen LogP contribution in [-0.2, 0) is 11.2 Å². The molecule has 6 nitrogen and oxygen atoms in total. The van der Waals surface area contributed by atoms with Gasteiger partial charge >= 0.3 is 6.03 Å². The third-order valence-corrected chi connectivity index (χ3v) is 4.97. The number of fused-ring (bicyclic) bond motifs is 1. The predicted molar refractivity (Wildman–Crippen MR) is 91.3 cm³/mol. The lowest BCUT2D eigenvalue weighted by molar-refractivity contribution is -0.127. The summed E-state index contributed by atoms with van der Waals surface area (Å²) in [7, 11) is 1.68. The lowest BCUT2D eigenvalue weighted by atomic mass is 10.1. The standard InChI is InChI=1S/C16H20N4O2S/c1-3-23-16-17-13-12(14(21)18-15(22)19(13)2)20(16)10-9-11-7-5-4-6-8-11/h4-8,12-13H,3,9-10H2,1-2H3,(H,18,21,22). The molecule has 23 heavy (non-hydrogen) atoms. The molecule has 2 unspecified atom stereocenters. The van der Waals surface area contributed by atoms with Crippen LogP contribution in [0.5, 0.6) is 0 Å². The van der Waals surface area contributed by atoms with E-state index in [0.717, 1.165) is 17.3 Å². The summed E-state index contributed by atoms with van der Waals surface area (Å²) < 4.78 is 0. The maximum Gasteiger partial charge on any atom is 0.325 e. The number of aliphatic imine (C=N–C) groups is 1. The summed E-state index contributed by atoms with van der Waals surface area (Å²) in [5, 5.41) is 3.26. The molecule has 0 radical (unpaired) electrons. The fourth-order valence-corrected chi connectivity index (χ4v) is 3.69. The quantitative estimate of drug-likeness (QED) is 0.908. The van der Waals surface area contributed by atoms with Crippen molar-refractivity contribution < 1.29 is 9.59 Å². The van der Waals surface area contributed by atoms with Crippen LogP contribution in [0.2, 0.25) is 0 Å². The molecule has 1 aromatic carbocycles. The number of urea groups is 1. The van der Waals surface area contributed by atoms with Crippen LogP contribution < -0.4 is 5.32 Å². The van der Waals surface area contributed by atoms with Gasteiger partial charge in [-0.05, 0) is 17.7 Å². The van der Waals surface area contributed by atoms with Crippen LogP contribution in [0.4, 0.5) is 4.79 Å². The lowest BCUT2D eigenvalue weighted by Gasteiger charge is -2.36. The minimum Gasteiger partial charge on any atom is -0.335 e. The number of hydrogen-bond acceptors (Lipinski definition) is 5. The Kier molecular flexibility index (Phi) is 4.56. The Balaban J connectivity index is 1.80. The molecule has 2 aliphatic heterocycles. The normalized spacial score (nSPS) is 23.7. The number of rotatable bonds is 4. The highest BCUT2D eigenvalue weighted by Crippen LogP contribution is 2.28. The van der Waals surface area contributed by atoms with Gasteiger partial charge in [0, 0.05) is 13.6 Å². The van der Waals surface area contributed by atoms with Gasteiger partial charge in [0.1, 0.15) is 0 Å². The van der Waals surface area contributed by atoms with E-state index < -0.39 is 12.2 Å². The number of carbonyl (C=O) groups is 2. The van der Waals surface area contributed by atoms with Crippen molar-refractivity contribution >= 4 is 28.9 Å². The maximum atomic E-state index is 12.3. The number of amides is 3. The molecule has 0 spiro atoms. The number of thioether (sulfide) groups is 1. The van der Waals surface area contributed by atoms with E-state index in [2.05, 4.69) is 29.4 Å². The number of imide groups is 1. The Labute approximate surface area is 139 Å². The first kappa shape index (κ1) is 15.9. The van der Waals surface area contributed by atoms with Crippen molar-refractivity contribution in [3.63, 3.8) is 0 Å². The van der Waals surface area contributed by atoms with Crippen LogP contribution in [0.3, 0.4) is 0 Å². The zero-order valence-electron chi connectivity index (χ0n) is 13.2. The van der Waals surface area contributed by atoms with Crippen LogP contribution in [-0.4, -0.2) is 58.5 Å². The number of likely N-dealkylation sites (N-methyl/N-ethyl adjacent to an activating group) is 1. The Bertz CT molecular complexity index is 634. The van der Waals surface area contributed by atoms with Crippen molar-refractivity contribution in [2.75, 3.05) is 19.3 Å². The van der Waals surface area contributed by atoms with E-state index in [1.54, 1.807) is 18.8 Å². The van der Waals surface area contributed by atoms with Crippen molar-refractivity contribution in [2.24, 2.45) is 4.99 Å². The first-order valence-electron chi connectivity index (χ1n) is 7.70. The van der Waals surface area contributed by atoms with Gasteiger partial charge in [-0.25, -0.2) is 9.79 Å². The summed E-state index contributed by atoms with van der Waals surface area (Å²) in [6, 6.07) is 9.35. The number of hydrogen-bond donors (Lipinski definition) is 1. The summed E-state index contributed by atoms with van der Waals surface area (Å²) in [5.74, 6) is 0.612. The third kappa shape index (κ3) is 3.06. The monoisotopic (exact) mass is 332 g/mol. The highest BCUT2D eigenvalue weighted by molar-refractivity contribution is 8.13. The number of nitrogens with one attached hydrogen (secondary N) is 1. The van der Waals surface area contributed by atoms with Crippen LogP contribution in [0.25, 0.3) is 0 Å². The van der Waals surface area contributed by atoms with E-state index in [1.807, 2.05) is 23.1 Å². The second-order valence-electron chi connectivity index (χ2n) is 5.54. The third-order valence-electron chi connectivity index (χ3n) is 4.08. The van der Waals surface area contributed by atoms with Gasteiger partial charge in [0.15, 0.2) is 17.4 Å². The first-order chi connectivity index (χ1) is 11.1. The molecule has 2 aliphatic rings. The minimum atomic E-state index is -0.435. The average molecular weight is 332 g/mol. The second-order valence-corrected chi connectivity index (χ2v) is 6.77. The molecule has 122 valence electrons. The van der Waals surface area contributed by atoms with Gasteiger partial charge < -0.3 is 9.80 Å². The highest BCUT2D eigenvalue weighted by atomic mass is 32.2. The van der Waals surface area contributed by atoms with Crippen molar-refractivity contribution in [2.45, 2.75) is 25.6 Å². The molecular weight excluding hydrogens is 312 g/mol. The molecule has 2 atom stereocenters. The molecule has 1 saturated heterocycles. The van der Waals surface area contributed by atoms with Crippen LogP contribution in [0, 0.1) is 0 Å². The second kappa shape index (κ2) is 6.62. The summed E-state index contributed by atoms with van der Waals surface area (Å²) >= 11 is 1.61. The molecule has 0 aromatic heterocycles. The maximum absolute atomic E-state index is 12.3. The summed E-state index contributed by atoms with van der Waals surface area (Å²) in [6.07, 6.45) is 0.402. The van der Waals surface area contributed by atoms with E-state index in [4.69, 9.17) is 0 Å². The first-order valence-corrected chi connectivity index (χ1v) is 8.69. The topological polar surface area (TPSA) is 65.0 Å². The Hall–Kier alpha value is -2.02. The molecule has 1 fully saturated rings. The summed E-state index contributed by atoms with van der Waals surface area (Å²) in [4.78, 5) is 32.3. The average Bonchev–Trinajstić information content (AvgIpc) is 2.91. The number of amidine groups is 1. The number of carbonyl (C=O) groups excluding carboxylic acids is 2. The molecule has 1 N–H and O–H groups in total. The van der Waals surface area contributed by atoms with Crippen molar-refractivity contribution in [1.29, 1.82) is 0 Å². The smallest absolute Gasteiger partial charge is 0.325 e. The molecule has 0 saturated carbocycles. The van der Waals surface area contributed by atoms with Gasteiger partial charge in [0.25, 0.3) is 5.91 Å². The Morgan fingerprint density at radius 1 is 1.26 bits per heavy atom. The molecule has 3 amide bonds. The zero-order valence-corrected chi connectivity index (χ0v) is 14.0. The van der Waals surface area contributed by atoms with Gasteiger partial charge in [0.05, 0.1) is 0 Å². The van der Waals surface area contributed by atoms with Crippen molar-refractivity contribution in [1.82, 2.24) is 15.1 Å². The molecule has 1 aromatic rings. The number of benzene rings is 1. The summed E-state index contributed by atoms with van der Waals surface area (Å²) in [5.41, 5.74) is 1.22. The Morgan fingerprint density at radius 3 is 2.70 bits per heavy atom. The fraction of sp³-hybridized carbons (Fsp3) is 0.438. The lowest BCUT2D eigenvalue weighted by Crippen LogP contribution is -2.63. The van der Waals surface area contributed by atoms with Gasteiger partial charge in [-0.2, -0.15) is 0 Å². The molecular formula is C16H20N4O2S. The van der Waals surface area contributed by atoms with Gasteiger partial charge in [-0.3, -0.25) is 10.1 Å². The van der Waals surface area contributed by atoms with Crippen molar-refractivity contribution in [3.05, 3.63) is 35.9 Å². The van der Waals surface area contributed by atoms with Crippen LogP contribution >= 0.6 is 11.8 Å². The van der Waals surface area contributed by atoms with E-state index in [9.17, 15) is 9.59 Å². The molecule has 2 heterocycles. The molecule has 0 bridgehead atoms. The van der Waals surface area contributed by atoms with Gasteiger partial charge in [-0.1, -0.05) is 49.0 Å². The fourth-order valence-electron chi connectivity index (χ4n) is 2.88. The van der Waals surface area contributed by atoms with Gasteiger partial charge in [0.2, 0.25) is 0 Å². The molecule has 3 rings (SSSR count). The predicted octanol–water partition coefficient (Wildman–Crippen LogP) is 1.53. The van der Waals surface area contributed by atoms with E-state index in [-0.39, 0.29) is 11.9 Å². The van der Waals surface area contributed by atoms with E-state index >= 15 is 0 Å².